The molecule has 3 N–H and O–H groups in total. The Bertz CT molecular complexity index is 872. The van der Waals surface area contributed by atoms with E-state index in [4.69, 9.17) is 0 Å². The number of phenols is 1. The Hall–Kier alpha value is -2.28. The maximum absolute atomic E-state index is 11.5. The van der Waals surface area contributed by atoms with Crippen LogP contribution in [0, 0.1) is 0 Å². The highest BCUT2D eigenvalue weighted by Crippen LogP contribution is 2.38. The van der Waals surface area contributed by atoms with Crippen LogP contribution >= 0.6 is 11.3 Å². The molecule has 3 aromatic rings. The second kappa shape index (κ2) is 3.86. The van der Waals surface area contributed by atoms with Crippen LogP contribution < -0.4 is 10.7 Å². The number of phenolic OH excluding ortho intramolecular Hbond substituents is 1. The van der Waals surface area contributed by atoms with Gasteiger partial charge in [-0.2, -0.15) is 0 Å². The molecule has 2 aromatic heterocycles. The van der Waals surface area contributed by atoms with Crippen LogP contribution in [0.3, 0.4) is 0 Å². The van der Waals surface area contributed by atoms with Gasteiger partial charge in [0.1, 0.15) is 5.82 Å². The normalized spacial score (nSPS) is 11.3. The molecule has 0 saturated carbocycles. The third kappa shape index (κ3) is 1.70. The number of anilines is 1. The molecule has 2 heterocycles. The van der Waals surface area contributed by atoms with E-state index >= 15 is 0 Å². The summed E-state index contributed by atoms with van der Waals surface area (Å²) in [6.45, 7) is 1.43. The Labute approximate surface area is 111 Å². The van der Waals surface area contributed by atoms with Crippen LogP contribution in [0.2, 0.25) is 0 Å². The van der Waals surface area contributed by atoms with Gasteiger partial charge in [0.15, 0.2) is 5.75 Å². The van der Waals surface area contributed by atoms with Crippen molar-refractivity contribution in [1.82, 2.24) is 9.78 Å². The minimum absolute atomic E-state index is 0.173. The fourth-order valence-electron chi connectivity index (χ4n) is 2.14. The summed E-state index contributed by atoms with van der Waals surface area (Å²) in [7, 11) is 1.81. The minimum Gasteiger partial charge on any atom is -0.504 e. The second-order valence-corrected chi connectivity index (χ2v) is 5.38. The zero-order valence-electron chi connectivity index (χ0n) is 10.3. The van der Waals surface area contributed by atoms with E-state index in [1.54, 1.807) is 4.68 Å². The molecule has 0 fully saturated rings. The molecule has 3 rings (SSSR count). The van der Waals surface area contributed by atoms with Gasteiger partial charge in [0.05, 0.1) is 10.2 Å². The van der Waals surface area contributed by atoms with Crippen LogP contribution in [0.5, 0.6) is 5.75 Å². The van der Waals surface area contributed by atoms with Gasteiger partial charge in [-0.25, -0.2) is 0 Å². The number of benzene rings is 1. The Kier molecular flexibility index (Phi) is 2.39. The molecule has 0 spiro atoms. The standard InChI is InChI=1S/C12H11N3O3S/c1-5(16)13-12-11-10(15(2)14-12)6-3-7(17)8(18)4-9(6)19-11/h3-4,14,17H,1-2H3,(H,13,16). The van der Waals surface area contributed by atoms with Crippen LogP contribution in [0.4, 0.5) is 5.82 Å². The van der Waals surface area contributed by atoms with Gasteiger partial charge >= 0.3 is 0 Å². The molecule has 0 unspecified atom stereocenters. The van der Waals surface area contributed by atoms with Crippen molar-refractivity contribution in [2.24, 2.45) is 7.05 Å². The smallest absolute Gasteiger partial charge is 0.222 e. The maximum atomic E-state index is 11.5. The Morgan fingerprint density at radius 2 is 2.21 bits per heavy atom. The third-order valence-corrected chi connectivity index (χ3v) is 4.05. The summed E-state index contributed by atoms with van der Waals surface area (Å²) in [5, 5.41) is 16.1. The lowest BCUT2D eigenvalue weighted by atomic mass is 10.2. The average Bonchev–Trinajstić information content (AvgIpc) is 2.79. The first-order valence-electron chi connectivity index (χ1n) is 5.59. The van der Waals surface area contributed by atoms with Gasteiger partial charge in [-0.15, -0.1) is 11.3 Å². The topological polar surface area (TPSA) is 87.1 Å². The number of hydrogen-bond acceptors (Lipinski definition) is 4. The van der Waals surface area contributed by atoms with Crippen molar-refractivity contribution in [3.8, 4) is 5.75 Å². The lowest BCUT2D eigenvalue weighted by Gasteiger charge is -1.98. The highest BCUT2D eigenvalue weighted by molar-refractivity contribution is 7.26. The third-order valence-electron chi connectivity index (χ3n) is 2.89. The quantitative estimate of drug-likeness (QED) is 0.633. The first-order chi connectivity index (χ1) is 8.97. The molecule has 98 valence electrons. The van der Waals surface area contributed by atoms with Crippen molar-refractivity contribution in [3.05, 3.63) is 22.4 Å². The van der Waals surface area contributed by atoms with E-state index in [-0.39, 0.29) is 11.7 Å². The number of aromatic amines is 1. The molecule has 0 aliphatic heterocycles. The molecule has 0 atom stereocenters. The lowest BCUT2D eigenvalue weighted by molar-refractivity contribution is -0.114. The summed E-state index contributed by atoms with van der Waals surface area (Å²) in [6.07, 6.45) is 0. The van der Waals surface area contributed by atoms with Crippen LogP contribution in [-0.2, 0) is 11.8 Å². The van der Waals surface area contributed by atoms with Crippen molar-refractivity contribution in [2.75, 3.05) is 5.32 Å². The summed E-state index contributed by atoms with van der Waals surface area (Å²) in [5.74, 6) is 0.154. The van der Waals surface area contributed by atoms with Crippen LogP contribution in [-0.4, -0.2) is 20.8 Å². The molecule has 1 aromatic carbocycles. The number of nitrogens with one attached hydrogen (secondary N) is 2. The number of hydrogen-bond donors (Lipinski definition) is 3. The van der Waals surface area contributed by atoms with Gasteiger partial charge in [0.25, 0.3) is 0 Å². The lowest BCUT2D eigenvalue weighted by Crippen LogP contribution is -2.06. The molecule has 0 radical (unpaired) electrons. The van der Waals surface area contributed by atoms with E-state index in [9.17, 15) is 14.7 Å². The second-order valence-electron chi connectivity index (χ2n) is 4.32. The van der Waals surface area contributed by atoms with Crippen molar-refractivity contribution in [1.29, 1.82) is 0 Å². The summed E-state index contributed by atoms with van der Waals surface area (Å²) >= 11 is 1.40. The number of aryl methyl sites for hydroxylation is 1. The predicted molar refractivity (Wildman–Crippen MR) is 74.9 cm³/mol. The molecule has 19 heavy (non-hydrogen) atoms. The summed E-state index contributed by atoms with van der Waals surface area (Å²) in [6, 6.07) is 2.87. The number of rotatable bonds is 1. The Morgan fingerprint density at radius 3 is 2.89 bits per heavy atom. The van der Waals surface area contributed by atoms with Gasteiger partial charge in [-0.1, -0.05) is 0 Å². The number of aromatic hydroxyl groups is 1. The predicted octanol–water partition coefficient (Wildman–Crippen LogP) is 1.75. The van der Waals surface area contributed by atoms with Crippen LogP contribution in [0.1, 0.15) is 6.92 Å². The number of carbonyl (C=O) groups is 1. The fourth-order valence-corrected chi connectivity index (χ4v) is 3.33. The molecular formula is C12H11N3O3S. The summed E-state index contributed by atoms with van der Waals surface area (Å²) < 4.78 is 3.38. The van der Waals surface area contributed by atoms with Gasteiger partial charge in [-0.05, 0) is 6.07 Å². The highest BCUT2D eigenvalue weighted by atomic mass is 32.1. The number of carbonyl (C=O) groups excluding carboxylic acids is 1. The van der Waals surface area contributed by atoms with E-state index in [1.807, 2.05) is 7.05 Å². The van der Waals surface area contributed by atoms with E-state index in [0.29, 0.717) is 5.82 Å². The van der Waals surface area contributed by atoms with E-state index in [1.165, 1.54) is 30.4 Å². The molecule has 0 aliphatic carbocycles. The summed E-state index contributed by atoms with van der Waals surface area (Å²) in [4.78, 5) is 22.6. The van der Waals surface area contributed by atoms with Gasteiger partial charge in [-0.3, -0.25) is 19.4 Å². The van der Waals surface area contributed by atoms with E-state index < -0.39 is 5.43 Å². The SMILES string of the molecule is CC(=O)Nc1[nH]n(C)c2c1sc1cc(=O)c(O)cc12. The molecule has 0 saturated heterocycles. The van der Waals surface area contributed by atoms with Crippen LogP contribution in [0.15, 0.2) is 16.9 Å². The van der Waals surface area contributed by atoms with Gasteiger partial charge < -0.3 is 10.4 Å². The molecule has 7 heteroatoms. The van der Waals surface area contributed by atoms with Gasteiger partial charge in [0.2, 0.25) is 11.3 Å². The minimum atomic E-state index is -0.399. The van der Waals surface area contributed by atoms with E-state index in [2.05, 4.69) is 10.4 Å². The van der Waals surface area contributed by atoms with E-state index in [0.717, 1.165) is 20.3 Å². The number of fused-ring (bicyclic) bond motifs is 3. The number of thiophene rings is 1. The molecule has 0 bridgehead atoms. The zero-order valence-corrected chi connectivity index (χ0v) is 11.1. The number of H-pyrrole nitrogens is 1. The number of amides is 1. The first-order valence-corrected chi connectivity index (χ1v) is 6.41. The highest BCUT2D eigenvalue weighted by Gasteiger charge is 2.16. The Morgan fingerprint density at radius 1 is 1.47 bits per heavy atom. The average molecular weight is 277 g/mol. The monoisotopic (exact) mass is 277 g/mol. The summed E-state index contributed by atoms with van der Waals surface area (Å²) in [5.41, 5.74) is 0.447. The van der Waals surface area contributed by atoms with Crippen LogP contribution in [0.25, 0.3) is 20.3 Å². The van der Waals surface area contributed by atoms with Crippen molar-refractivity contribution in [3.63, 3.8) is 0 Å². The van der Waals surface area contributed by atoms with Gasteiger partial charge in [0, 0.05) is 30.1 Å². The Balaban J connectivity index is 2.40. The first kappa shape index (κ1) is 11.8. The van der Waals surface area contributed by atoms with Crippen molar-refractivity contribution in [2.45, 2.75) is 6.92 Å². The molecule has 0 aliphatic rings. The zero-order chi connectivity index (χ0) is 13.7. The fraction of sp³-hybridized carbons (Fsp3) is 0.167. The van der Waals surface area contributed by atoms with Crippen molar-refractivity contribution < 1.29 is 9.90 Å². The maximum Gasteiger partial charge on any atom is 0.222 e. The van der Waals surface area contributed by atoms with Crippen molar-refractivity contribution >= 4 is 43.4 Å². The molecular weight excluding hydrogens is 266 g/mol. The molecule has 1 amide bonds. The molecule has 6 nitrogen and oxygen atoms in total. The number of aromatic nitrogens is 2. The number of nitrogens with zero attached hydrogens (tertiary/aromatic N) is 1. The largest absolute Gasteiger partial charge is 0.504 e.